The van der Waals surface area contributed by atoms with Crippen molar-refractivity contribution >= 4 is 23.2 Å². The molecule has 0 radical (unpaired) electrons. The number of carbonyl (C=O) groups excluding carboxylic acids is 1. The Kier molecular flexibility index (Phi) is 7.06. The van der Waals surface area contributed by atoms with E-state index in [0.717, 1.165) is 27.4 Å². The first-order valence-electron chi connectivity index (χ1n) is 9.13. The van der Waals surface area contributed by atoms with Crippen molar-refractivity contribution < 1.29 is 9.53 Å². The molecule has 3 aromatic carbocycles. The summed E-state index contributed by atoms with van der Waals surface area (Å²) in [5, 5.41) is 6.95. The monoisotopic (exact) mass is 394 g/mol. The zero-order valence-electron chi connectivity index (χ0n) is 15.7. The van der Waals surface area contributed by atoms with Gasteiger partial charge in [-0.2, -0.15) is 0 Å². The van der Waals surface area contributed by atoms with E-state index in [0.29, 0.717) is 18.8 Å². The summed E-state index contributed by atoms with van der Waals surface area (Å²) in [6, 6.07) is 23.1. The van der Waals surface area contributed by atoms with Crippen molar-refractivity contribution in [1.82, 2.24) is 5.32 Å². The van der Waals surface area contributed by atoms with Gasteiger partial charge in [-0.3, -0.25) is 4.79 Å². The van der Waals surface area contributed by atoms with Crippen molar-refractivity contribution in [2.45, 2.75) is 20.0 Å². The minimum absolute atomic E-state index is 0.0462. The second-order valence-corrected chi connectivity index (χ2v) is 6.91. The molecule has 0 spiro atoms. The van der Waals surface area contributed by atoms with Crippen LogP contribution in [0.15, 0.2) is 72.8 Å². The first-order valence-corrected chi connectivity index (χ1v) is 9.51. The van der Waals surface area contributed by atoms with Crippen molar-refractivity contribution in [3.63, 3.8) is 0 Å². The molecule has 0 bridgehead atoms. The van der Waals surface area contributed by atoms with Crippen LogP contribution in [-0.2, 0) is 17.9 Å². The Morgan fingerprint density at radius 1 is 0.893 bits per heavy atom. The second-order valence-electron chi connectivity index (χ2n) is 6.51. The van der Waals surface area contributed by atoms with Crippen molar-refractivity contribution in [3.05, 3.63) is 94.5 Å². The molecule has 0 fully saturated rings. The van der Waals surface area contributed by atoms with Gasteiger partial charge >= 0.3 is 0 Å². The summed E-state index contributed by atoms with van der Waals surface area (Å²) >= 11 is 6.19. The van der Waals surface area contributed by atoms with Crippen molar-refractivity contribution in [1.29, 1.82) is 0 Å². The molecule has 0 aliphatic rings. The fourth-order valence-corrected chi connectivity index (χ4v) is 2.94. The minimum Gasteiger partial charge on any atom is -0.483 e. The molecule has 0 aromatic heterocycles. The number of ether oxygens (including phenoxy) is 1. The summed E-state index contributed by atoms with van der Waals surface area (Å²) in [5.74, 6) is 0.496. The molecular formula is C23H23ClN2O2. The van der Waals surface area contributed by atoms with Gasteiger partial charge in [0.15, 0.2) is 6.61 Å². The molecule has 2 N–H and O–H groups in total. The second kappa shape index (κ2) is 9.93. The van der Waals surface area contributed by atoms with Crippen molar-refractivity contribution in [2.75, 3.05) is 11.9 Å². The third-order valence-corrected chi connectivity index (χ3v) is 4.62. The molecule has 0 aliphatic heterocycles. The molecular weight excluding hydrogens is 372 g/mol. The average molecular weight is 395 g/mol. The normalized spacial score (nSPS) is 10.5. The van der Waals surface area contributed by atoms with Crippen LogP contribution in [0.5, 0.6) is 5.75 Å². The molecule has 0 aliphatic carbocycles. The van der Waals surface area contributed by atoms with Crippen LogP contribution in [0.2, 0.25) is 5.02 Å². The van der Waals surface area contributed by atoms with Crippen LogP contribution in [0.3, 0.4) is 0 Å². The Balaban J connectivity index is 1.52. The Morgan fingerprint density at radius 3 is 2.29 bits per heavy atom. The SMILES string of the molecule is Cc1ccc(NC(=O)COc2ccccc2CNCc2ccccc2Cl)cc1. The molecule has 144 valence electrons. The van der Waals surface area contributed by atoms with Gasteiger partial charge < -0.3 is 15.4 Å². The smallest absolute Gasteiger partial charge is 0.262 e. The number of rotatable bonds is 8. The fourth-order valence-electron chi connectivity index (χ4n) is 2.74. The molecule has 0 atom stereocenters. The van der Waals surface area contributed by atoms with Crippen LogP contribution in [-0.4, -0.2) is 12.5 Å². The van der Waals surface area contributed by atoms with Gasteiger partial charge in [-0.15, -0.1) is 0 Å². The number of halogens is 1. The molecule has 0 saturated carbocycles. The van der Waals surface area contributed by atoms with E-state index in [-0.39, 0.29) is 12.5 Å². The maximum atomic E-state index is 12.2. The first kappa shape index (κ1) is 19.9. The largest absolute Gasteiger partial charge is 0.483 e. The number of hydrogen-bond acceptors (Lipinski definition) is 3. The van der Waals surface area contributed by atoms with E-state index in [1.54, 1.807) is 0 Å². The standard InChI is InChI=1S/C23H23ClN2O2/c1-17-10-12-20(13-11-17)26-23(27)16-28-22-9-5-3-7-19(22)15-25-14-18-6-2-4-8-21(18)24/h2-13,25H,14-16H2,1H3,(H,26,27). The summed E-state index contributed by atoms with van der Waals surface area (Å²) in [6.07, 6.45) is 0. The highest BCUT2D eigenvalue weighted by atomic mass is 35.5. The zero-order valence-corrected chi connectivity index (χ0v) is 16.5. The van der Waals surface area contributed by atoms with E-state index in [2.05, 4.69) is 10.6 Å². The van der Waals surface area contributed by atoms with Gasteiger partial charge in [0.1, 0.15) is 5.75 Å². The van der Waals surface area contributed by atoms with E-state index in [9.17, 15) is 4.79 Å². The number of aryl methyl sites for hydroxylation is 1. The predicted molar refractivity (Wildman–Crippen MR) is 114 cm³/mol. The average Bonchev–Trinajstić information content (AvgIpc) is 2.70. The molecule has 0 unspecified atom stereocenters. The lowest BCUT2D eigenvalue weighted by Gasteiger charge is -2.13. The summed E-state index contributed by atoms with van der Waals surface area (Å²) in [4.78, 5) is 12.2. The topological polar surface area (TPSA) is 50.4 Å². The van der Waals surface area contributed by atoms with Crippen molar-refractivity contribution in [3.8, 4) is 5.75 Å². The lowest BCUT2D eigenvalue weighted by molar-refractivity contribution is -0.118. The summed E-state index contributed by atoms with van der Waals surface area (Å²) < 4.78 is 5.74. The Labute approximate surface area is 170 Å². The highest BCUT2D eigenvalue weighted by molar-refractivity contribution is 6.31. The van der Waals surface area contributed by atoms with Crippen LogP contribution in [0.25, 0.3) is 0 Å². The number of hydrogen-bond donors (Lipinski definition) is 2. The van der Waals surface area contributed by atoms with Crippen LogP contribution in [0, 0.1) is 6.92 Å². The van der Waals surface area contributed by atoms with Crippen LogP contribution in [0.4, 0.5) is 5.69 Å². The molecule has 5 heteroatoms. The molecule has 0 heterocycles. The number of anilines is 1. The third-order valence-electron chi connectivity index (χ3n) is 4.26. The van der Waals surface area contributed by atoms with Gasteiger partial charge in [0.2, 0.25) is 0 Å². The Bertz CT molecular complexity index is 926. The molecule has 3 aromatic rings. The van der Waals surface area contributed by atoms with Gasteiger partial charge in [0, 0.05) is 29.4 Å². The van der Waals surface area contributed by atoms with E-state index < -0.39 is 0 Å². The zero-order chi connectivity index (χ0) is 19.8. The highest BCUT2D eigenvalue weighted by Gasteiger charge is 2.08. The number of carbonyl (C=O) groups is 1. The molecule has 4 nitrogen and oxygen atoms in total. The van der Waals surface area contributed by atoms with Gasteiger partial charge in [0.05, 0.1) is 0 Å². The first-order chi connectivity index (χ1) is 13.6. The lowest BCUT2D eigenvalue weighted by atomic mass is 10.2. The van der Waals surface area contributed by atoms with E-state index in [1.165, 1.54) is 0 Å². The molecule has 28 heavy (non-hydrogen) atoms. The number of para-hydroxylation sites is 1. The minimum atomic E-state index is -0.192. The summed E-state index contributed by atoms with van der Waals surface area (Å²) in [6.45, 7) is 3.23. The maximum Gasteiger partial charge on any atom is 0.262 e. The fraction of sp³-hybridized carbons (Fsp3) is 0.174. The maximum absolute atomic E-state index is 12.2. The number of amides is 1. The Hall–Kier alpha value is -2.82. The van der Waals surface area contributed by atoms with Gasteiger partial charge in [0.25, 0.3) is 5.91 Å². The quantitative estimate of drug-likeness (QED) is 0.568. The summed E-state index contributed by atoms with van der Waals surface area (Å²) in [7, 11) is 0. The van der Waals surface area contributed by atoms with Crippen molar-refractivity contribution in [2.24, 2.45) is 0 Å². The summed E-state index contributed by atoms with van der Waals surface area (Å²) in [5.41, 5.74) is 3.93. The molecule has 3 rings (SSSR count). The van der Waals surface area contributed by atoms with E-state index >= 15 is 0 Å². The van der Waals surface area contributed by atoms with Gasteiger partial charge in [-0.1, -0.05) is 65.7 Å². The van der Waals surface area contributed by atoms with Crippen LogP contribution >= 0.6 is 11.6 Å². The van der Waals surface area contributed by atoms with E-state index in [4.69, 9.17) is 16.3 Å². The Morgan fingerprint density at radius 2 is 1.54 bits per heavy atom. The number of benzene rings is 3. The highest BCUT2D eigenvalue weighted by Crippen LogP contribution is 2.19. The van der Waals surface area contributed by atoms with E-state index in [1.807, 2.05) is 79.7 Å². The molecule has 0 saturated heterocycles. The van der Waals surface area contributed by atoms with Gasteiger partial charge in [-0.05, 0) is 36.8 Å². The van der Waals surface area contributed by atoms with Crippen LogP contribution < -0.4 is 15.4 Å². The lowest BCUT2D eigenvalue weighted by Crippen LogP contribution is -2.21. The number of nitrogens with one attached hydrogen (secondary N) is 2. The van der Waals surface area contributed by atoms with Crippen LogP contribution in [0.1, 0.15) is 16.7 Å². The van der Waals surface area contributed by atoms with Gasteiger partial charge in [-0.25, -0.2) is 0 Å². The molecule has 1 amide bonds. The third kappa shape index (κ3) is 5.84. The predicted octanol–water partition coefficient (Wildman–Crippen LogP) is 4.96.